The first-order chi connectivity index (χ1) is 14.3. The van der Waals surface area contributed by atoms with Gasteiger partial charge in [-0.15, -0.1) is 10.2 Å². The summed E-state index contributed by atoms with van der Waals surface area (Å²) in [6.45, 7) is 2.79. The number of benzene rings is 2. The van der Waals surface area contributed by atoms with Gasteiger partial charge in [-0.1, -0.05) is 60.7 Å². The van der Waals surface area contributed by atoms with Crippen molar-refractivity contribution in [1.82, 2.24) is 20.4 Å². The molecule has 4 aromatic rings. The van der Waals surface area contributed by atoms with Crippen LogP contribution in [-0.2, 0) is 6.54 Å². The minimum atomic E-state index is 0.269. The fourth-order valence-corrected chi connectivity index (χ4v) is 4.28. The molecule has 7 heteroatoms. The van der Waals surface area contributed by atoms with Gasteiger partial charge in [0.25, 0.3) is 0 Å². The lowest BCUT2D eigenvalue weighted by atomic mass is 9.97. The Balaban J connectivity index is 1.48. The van der Waals surface area contributed by atoms with E-state index in [2.05, 4.69) is 56.9 Å². The molecule has 0 fully saturated rings. The Hall–Kier alpha value is -3.19. The lowest BCUT2D eigenvalue weighted by molar-refractivity contribution is 0.415. The van der Waals surface area contributed by atoms with E-state index in [1.54, 1.807) is 18.4 Å². The molecule has 4 rings (SSSR count). The van der Waals surface area contributed by atoms with Crippen LogP contribution in [0.25, 0.3) is 11.3 Å². The highest BCUT2D eigenvalue weighted by atomic mass is 32.1. The molecule has 0 amide bonds. The van der Waals surface area contributed by atoms with Crippen LogP contribution in [-0.4, -0.2) is 27.5 Å². The molecule has 0 aliphatic heterocycles. The highest BCUT2D eigenvalue weighted by Crippen LogP contribution is 2.32. The number of aromatic amines is 1. The number of nitrogens with one attached hydrogen (secondary N) is 2. The molecular formula is C22H23N5OS. The second-order valence-corrected chi connectivity index (χ2v) is 7.68. The van der Waals surface area contributed by atoms with Crippen LogP contribution >= 0.6 is 11.3 Å². The smallest absolute Gasteiger partial charge is 0.205 e. The highest BCUT2D eigenvalue weighted by molar-refractivity contribution is 7.15. The lowest BCUT2D eigenvalue weighted by Gasteiger charge is -2.11. The molecule has 29 heavy (non-hydrogen) atoms. The van der Waals surface area contributed by atoms with Crippen LogP contribution in [0, 0.1) is 0 Å². The molecule has 2 N–H and O–H groups in total. The molecule has 6 nitrogen and oxygen atoms in total. The van der Waals surface area contributed by atoms with Gasteiger partial charge < -0.3 is 10.1 Å². The molecule has 2 heterocycles. The van der Waals surface area contributed by atoms with Crippen LogP contribution in [0.15, 0.2) is 60.8 Å². The van der Waals surface area contributed by atoms with Gasteiger partial charge in [0, 0.05) is 23.6 Å². The normalized spacial score (nSPS) is 11.9. The maximum Gasteiger partial charge on any atom is 0.205 e. The molecule has 2 aromatic carbocycles. The van der Waals surface area contributed by atoms with Crippen molar-refractivity contribution in [3.63, 3.8) is 0 Å². The number of hydrogen-bond donors (Lipinski definition) is 2. The lowest BCUT2D eigenvalue weighted by Crippen LogP contribution is -1.99. The van der Waals surface area contributed by atoms with Gasteiger partial charge in [-0.2, -0.15) is 5.10 Å². The fraction of sp³-hybridized carbons (Fsp3) is 0.227. The molecule has 1 atom stereocenters. The van der Waals surface area contributed by atoms with Gasteiger partial charge in [-0.3, -0.25) is 5.10 Å². The van der Waals surface area contributed by atoms with Crippen molar-refractivity contribution < 1.29 is 4.74 Å². The van der Waals surface area contributed by atoms with Gasteiger partial charge in [0.05, 0.1) is 19.0 Å². The van der Waals surface area contributed by atoms with E-state index < -0.39 is 0 Å². The summed E-state index contributed by atoms with van der Waals surface area (Å²) in [7, 11) is 1.67. The van der Waals surface area contributed by atoms with Crippen LogP contribution in [0.5, 0.6) is 5.75 Å². The van der Waals surface area contributed by atoms with Crippen LogP contribution in [0.3, 0.4) is 0 Å². The van der Waals surface area contributed by atoms with Gasteiger partial charge in [-0.05, 0) is 24.1 Å². The van der Waals surface area contributed by atoms with Crippen molar-refractivity contribution in [2.75, 3.05) is 12.4 Å². The molecule has 0 spiro atoms. The second kappa shape index (κ2) is 8.87. The molecule has 148 valence electrons. The number of methoxy groups -OCH3 is 1. The predicted molar refractivity (Wildman–Crippen MR) is 116 cm³/mol. The van der Waals surface area contributed by atoms with Crippen LogP contribution < -0.4 is 10.1 Å². The minimum Gasteiger partial charge on any atom is -0.497 e. The summed E-state index contributed by atoms with van der Waals surface area (Å²) in [4.78, 5) is 0. The number of nitrogens with zero attached hydrogens (tertiary/aromatic N) is 3. The fourth-order valence-electron chi connectivity index (χ4n) is 3.33. The Morgan fingerprint density at radius 3 is 2.76 bits per heavy atom. The topological polar surface area (TPSA) is 75.7 Å². The average Bonchev–Trinajstić information content (AvgIpc) is 3.43. The molecule has 0 aliphatic carbocycles. The van der Waals surface area contributed by atoms with E-state index >= 15 is 0 Å². The van der Waals surface area contributed by atoms with E-state index in [0.29, 0.717) is 6.54 Å². The summed E-state index contributed by atoms with van der Waals surface area (Å²) >= 11 is 1.61. The number of anilines is 1. The Morgan fingerprint density at radius 1 is 1.10 bits per heavy atom. The van der Waals surface area contributed by atoms with Gasteiger partial charge in [0.15, 0.2) is 0 Å². The number of hydrogen-bond acceptors (Lipinski definition) is 6. The first-order valence-electron chi connectivity index (χ1n) is 9.57. The van der Waals surface area contributed by atoms with Crippen molar-refractivity contribution in [2.24, 2.45) is 0 Å². The summed E-state index contributed by atoms with van der Waals surface area (Å²) < 4.78 is 5.33. The Kier molecular flexibility index (Phi) is 5.86. The highest BCUT2D eigenvalue weighted by Gasteiger charge is 2.17. The first kappa shape index (κ1) is 19.1. The van der Waals surface area contributed by atoms with E-state index in [1.165, 1.54) is 5.56 Å². The third-order valence-corrected chi connectivity index (χ3v) is 5.85. The third-order valence-electron chi connectivity index (χ3n) is 4.86. The number of ether oxygens (including phenoxy) is 1. The molecule has 1 unspecified atom stereocenters. The standard InChI is InChI=1S/C22H23N5OS/c1-3-19(15-8-5-4-6-9-15)21-26-27-22(29-21)23-13-17-14-24-25-20(17)16-10-7-11-18(12-16)28-2/h4-12,14,19H,3,13H2,1-2H3,(H,23,27)(H,24,25). The van der Waals surface area contributed by atoms with Gasteiger partial charge in [-0.25, -0.2) is 0 Å². The van der Waals surface area contributed by atoms with Crippen molar-refractivity contribution in [2.45, 2.75) is 25.8 Å². The molecule has 0 saturated carbocycles. The summed E-state index contributed by atoms with van der Waals surface area (Å²) in [6, 6.07) is 18.4. The Bertz CT molecular complexity index is 1060. The minimum absolute atomic E-state index is 0.269. The van der Waals surface area contributed by atoms with Crippen LogP contribution in [0.4, 0.5) is 5.13 Å². The zero-order chi connectivity index (χ0) is 20.1. The van der Waals surface area contributed by atoms with E-state index in [-0.39, 0.29) is 5.92 Å². The van der Waals surface area contributed by atoms with Crippen molar-refractivity contribution in [3.8, 4) is 17.0 Å². The largest absolute Gasteiger partial charge is 0.497 e. The Labute approximate surface area is 174 Å². The number of rotatable bonds is 8. The predicted octanol–water partition coefficient (Wildman–Crippen LogP) is 5.09. The van der Waals surface area contributed by atoms with E-state index in [4.69, 9.17) is 4.74 Å². The SMILES string of the molecule is CCC(c1ccccc1)c1nnc(NCc2cn[nH]c2-c2cccc(OC)c2)s1. The molecule has 0 bridgehead atoms. The maximum atomic E-state index is 5.33. The maximum absolute atomic E-state index is 5.33. The number of aromatic nitrogens is 4. The van der Waals surface area contributed by atoms with Gasteiger partial charge in [0.1, 0.15) is 10.8 Å². The molecule has 0 aliphatic rings. The summed E-state index contributed by atoms with van der Waals surface area (Å²) in [6.07, 6.45) is 2.82. The zero-order valence-corrected chi connectivity index (χ0v) is 17.2. The molecule has 2 aromatic heterocycles. The van der Waals surface area contributed by atoms with Crippen molar-refractivity contribution >= 4 is 16.5 Å². The molecule has 0 saturated heterocycles. The molecule has 0 radical (unpaired) electrons. The van der Waals surface area contributed by atoms with Crippen molar-refractivity contribution in [1.29, 1.82) is 0 Å². The van der Waals surface area contributed by atoms with E-state index in [9.17, 15) is 0 Å². The van der Waals surface area contributed by atoms with E-state index in [0.717, 1.165) is 39.1 Å². The zero-order valence-electron chi connectivity index (χ0n) is 16.4. The molecular weight excluding hydrogens is 382 g/mol. The van der Waals surface area contributed by atoms with Gasteiger partial charge >= 0.3 is 0 Å². The first-order valence-corrected chi connectivity index (χ1v) is 10.4. The monoisotopic (exact) mass is 405 g/mol. The summed E-state index contributed by atoms with van der Waals surface area (Å²) in [5.41, 5.74) is 4.33. The second-order valence-electron chi connectivity index (χ2n) is 6.67. The average molecular weight is 406 g/mol. The van der Waals surface area contributed by atoms with Gasteiger partial charge in [0.2, 0.25) is 5.13 Å². The quantitative estimate of drug-likeness (QED) is 0.427. The number of H-pyrrole nitrogens is 1. The Morgan fingerprint density at radius 2 is 1.97 bits per heavy atom. The van der Waals surface area contributed by atoms with Crippen LogP contribution in [0.2, 0.25) is 0 Å². The van der Waals surface area contributed by atoms with Crippen molar-refractivity contribution in [3.05, 3.63) is 76.9 Å². The van der Waals surface area contributed by atoms with E-state index in [1.807, 2.05) is 36.5 Å². The van der Waals surface area contributed by atoms with Crippen LogP contribution in [0.1, 0.15) is 35.4 Å². The summed E-state index contributed by atoms with van der Waals surface area (Å²) in [5, 5.41) is 21.3. The third kappa shape index (κ3) is 4.30. The summed E-state index contributed by atoms with van der Waals surface area (Å²) in [5.74, 6) is 1.09.